The van der Waals surface area contributed by atoms with Crippen molar-refractivity contribution in [2.24, 2.45) is 59.2 Å². The summed E-state index contributed by atoms with van der Waals surface area (Å²) in [6, 6.07) is 21.2. The fourth-order valence-corrected chi connectivity index (χ4v) is 2.17. The van der Waals surface area contributed by atoms with Gasteiger partial charge < -0.3 is 10.2 Å². The molecule has 0 saturated heterocycles. The monoisotopic (exact) mass is 705 g/mol. The van der Waals surface area contributed by atoms with Crippen molar-refractivity contribution in [2.45, 2.75) is 165 Å². The molecule has 0 heterocycles. The van der Waals surface area contributed by atoms with Gasteiger partial charge in [-0.25, -0.2) is 0 Å². The lowest BCUT2D eigenvalue weighted by atomic mass is 10.0. The first kappa shape index (κ1) is 60.5. The van der Waals surface area contributed by atoms with Crippen LogP contribution in [0.5, 0.6) is 0 Å². The van der Waals surface area contributed by atoms with Crippen LogP contribution in [0.3, 0.4) is 0 Å². The summed E-state index contributed by atoms with van der Waals surface area (Å²) >= 11 is 0. The Morgan fingerprint density at radius 3 is 0.580 bits per heavy atom. The van der Waals surface area contributed by atoms with Crippen molar-refractivity contribution in [3.05, 3.63) is 71.8 Å². The van der Waals surface area contributed by atoms with Crippen LogP contribution in [-0.4, -0.2) is 23.4 Å². The molecule has 2 aromatic rings. The number of rotatable bonds is 8. The molecule has 0 aliphatic carbocycles. The van der Waals surface area contributed by atoms with Crippen molar-refractivity contribution < 1.29 is 10.2 Å². The summed E-state index contributed by atoms with van der Waals surface area (Å²) in [6.07, 6.45) is 2.39. The van der Waals surface area contributed by atoms with E-state index in [0.717, 1.165) is 47.3 Å². The average molecular weight is 705 g/mol. The van der Waals surface area contributed by atoms with Gasteiger partial charge in [0.25, 0.3) is 0 Å². The Labute approximate surface area is 318 Å². The molecule has 2 N–H and O–H groups in total. The quantitative estimate of drug-likeness (QED) is 0.287. The van der Waals surface area contributed by atoms with E-state index in [9.17, 15) is 0 Å². The molecule has 0 aliphatic rings. The van der Waals surface area contributed by atoms with E-state index in [-0.39, 0.29) is 0 Å². The normalized spacial score (nSPS) is 10.1. The molecule has 0 radical (unpaired) electrons. The fraction of sp³-hybridized carbons (Fsp3) is 0.750. The molecule has 300 valence electrons. The van der Waals surface area contributed by atoms with E-state index in [4.69, 9.17) is 10.2 Å². The van der Waals surface area contributed by atoms with E-state index in [0.29, 0.717) is 25.0 Å². The lowest BCUT2D eigenvalue weighted by molar-refractivity contribution is 0.248. The number of hydrogen-bond donors (Lipinski definition) is 2. The van der Waals surface area contributed by atoms with Crippen molar-refractivity contribution in [3.63, 3.8) is 0 Å². The maximum absolute atomic E-state index is 8.14. The predicted octanol–water partition coefficient (Wildman–Crippen LogP) is 15.0. The topological polar surface area (TPSA) is 40.5 Å². The highest BCUT2D eigenvalue weighted by molar-refractivity contribution is 5.15. The van der Waals surface area contributed by atoms with Crippen LogP contribution in [0.1, 0.15) is 163 Å². The summed E-state index contributed by atoms with van der Waals surface area (Å²) in [6.45, 7) is 48.4. The lowest BCUT2D eigenvalue weighted by Gasteiger charge is -2.05. The highest BCUT2D eigenvalue weighted by atomic mass is 16.3. The number of aliphatic hydroxyl groups excluding tert-OH is 2. The summed E-state index contributed by atoms with van der Waals surface area (Å²) in [5.74, 6) is 7.49. The van der Waals surface area contributed by atoms with Gasteiger partial charge in [0.15, 0.2) is 0 Å². The molecular weight excluding hydrogens is 609 g/mol. The molecule has 0 aliphatic heterocycles. The molecule has 0 saturated carbocycles. The molecule has 2 aromatic carbocycles. The van der Waals surface area contributed by atoms with Crippen molar-refractivity contribution in [1.82, 2.24) is 0 Å². The Morgan fingerprint density at radius 2 is 0.480 bits per heavy atom. The van der Waals surface area contributed by atoms with Crippen molar-refractivity contribution in [2.75, 3.05) is 13.2 Å². The van der Waals surface area contributed by atoms with E-state index in [1.54, 1.807) is 0 Å². The Hall–Kier alpha value is -1.64. The van der Waals surface area contributed by atoms with Crippen molar-refractivity contribution >= 4 is 0 Å². The van der Waals surface area contributed by atoms with Crippen LogP contribution in [-0.2, 0) is 12.8 Å². The van der Waals surface area contributed by atoms with Crippen molar-refractivity contribution in [3.8, 4) is 0 Å². The van der Waals surface area contributed by atoms with Gasteiger partial charge in [-0.2, -0.15) is 0 Å². The Bertz CT molecular complexity index is 727. The zero-order valence-electron chi connectivity index (χ0n) is 38.3. The molecule has 0 bridgehead atoms. The Morgan fingerprint density at radius 1 is 0.320 bits per heavy atom. The van der Waals surface area contributed by atoms with Gasteiger partial charge in [-0.05, 0) is 83.1 Å². The summed E-state index contributed by atoms with van der Waals surface area (Å²) in [7, 11) is 0. The zero-order valence-corrected chi connectivity index (χ0v) is 38.3. The van der Waals surface area contributed by atoms with Crippen molar-refractivity contribution in [1.29, 1.82) is 0 Å². The second kappa shape index (κ2) is 43.5. The van der Waals surface area contributed by atoms with Gasteiger partial charge in [0, 0.05) is 13.2 Å². The molecule has 0 spiro atoms. The molecule has 2 nitrogen and oxygen atoms in total. The van der Waals surface area contributed by atoms with Crippen LogP contribution >= 0.6 is 0 Å². The van der Waals surface area contributed by atoms with E-state index >= 15 is 0 Å². The molecule has 0 fully saturated rings. The number of aliphatic hydroxyl groups is 2. The summed E-state index contributed by atoms with van der Waals surface area (Å²) in [5, 5.41) is 16.3. The van der Waals surface area contributed by atoms with Crippen LogP contribution in [0.15, 0.2) is 60.7 Å². The first-order valence-corrected chi connectivity index (χ1v) is 20.2. The van der Waals surface area contributed by atoms with Gasteiger partial charge in [-0.15, -0.1) is 0 Å². The molecule has 0 aromatic heterocycles. The predicted molar refractivity (Wildman–Crippen MR) is 234 cm³/mol. The van der Waals surface area contributed by atoms with Crippen LogP contribution in [0.25, 0.3) is 0 Å². The second-order valence-electron chi connectivity index (χ2n) is 17.8. The van der Waals surface area contributed by atoms with E-state index < -0.39 is 0 Å². The lowest BCUT2D eigenvalue weighted by Crippen LogP contribution is -1.95. The van der Waals surface area contributed by atoms with Crippen LogP contribution in [0.2, 0.25) is 0 Å². The molecule has 50 heavy (non-hydrogen) atoms. The minimum Gasteiger partial charge on any atom is -0.396 e. The van der Waals surface area contributed by atoms with E-state index in [1.165, 1.54) is 24.0 Å². The standard InChI is InChI=1S/2C10H14.2C6H14.2C4H10O.2C4H10/c2*1-9(2)8-10-6-4-3-5-7-10;2*1-5(2)6(3)4;2*1-4(2)3-5;2*1-4(2)3/h2*3-7,9H,8H2,1-2H3;2*5-6H,1-4H3;2*4-5H,3H2,1-2H3;2*4H,1-3H3. The zero-order chi connectivity index (χ0) is 40.8. The number of benzene rings is 2. The summed E-state index contributed by atoms with van der Waals surface area (Å²) in [4.78, 5) is 0. The maximum Gasteiger partial charge on any atom is 0.0453 e. The first-order valence-electron chi connectivity index (χ1n) is 20.2. The fourth-order valence-electron chi connectivity index (χ4n) is 2.17. The largest absolute Gasteiger partial charge is 0.396 e. The van der Waals surface area contributed by atoms with Gasteiger partial charge in [0.05, 0.1) is 0 Å². The molecule has 0 unspecified atom stereocenters. The third kappa shape index (κ3) is 80.8. The second-order valence-corrected chi connectivity index (χ2v) is 17.8. The Balaban J connectivity index is -0.000000114. The molecule has 2 rings (SSSR count). The van der Waals surface area contributed by atoms with Gasteiger partial charge in [0.2, 0.25) is 0 Å². The third-order valence-corrected chi connectivity index (χ3v) is 6.37. The van der Waals surface area contributed by atoms with Gasteiger partial charge in [-0.3, -0.25) is 0 Å². The van der Waals surface area contributed by atoms with E-state index in [1.807, 2.05) is 27.7 Å². The molecule has 2 heteroatoms. The maximum atomic E-state index is 8.14. The molecule has 0 atom stereocenters. The molecule has 0 amide bonds. The summed E-state index contributed by atoms with van der Waals surface area (Å²) < 4.78 is 0. The molecular formula is C48H96O2. The third-order valence-electron chi connectivity index (χ3n) is 6.37. The van der Waals surface area contributed by atoms with Crippen LogP contribution < -0.4 is 0 Å². The minimum absolute atomic E-state index is 0.306. The van der Waals surface area contributed by atoms with Crippen LogP contribution in [0.4, 0.5) is 0 Å². The Kier molecular flexibility index (Phi) is 52.6. The van der Waals surface area contributed by atoms with Gasteiger partial charge >= 0.3 is 0 Å². The summed E-state index contributed by atoms with van der Waals surface area (Å²) in [5.41, 5.74) is 2.88. The smallest absolute Gasteiger partial charge is 0.0453 e. The highest BCUT2D eigenvalue weighted by Crippen LogP contribution is 2.08. The average Bonchev–Trinajstić information content (AvgIpc) is 2.98. The van der Waals surface area contributed by atoms with Gasteiger partial charge in [-0.1, -0.05) is 213 Å². The van der Waals surface area contributed by atoms with E-state index in [2.05, 4.69) is 185 Å². The minimum atomic E-state index is 0.306. The van der Waals surface area contributed by atoms with Crippen LogP contribution in [0, 0.1) is 59.2 Å². The van der Waals surface area contributed by atoms with Gasteiger partial charge in [0.1, 0.15) is 0 Å². The number of hydrogen-bond acceptors (Lipinski definition) is 2. The first-order chi connectivity index (χ1) is 22.9. The SMILES string of the molecule is CC(C)C.CC(C)C.CC(C)C(C)C.CC(C)C(C)C.CC(C)CO.CC(C)CO.CC(C)Cc1ccccc1.CC(C)Cc1ccccc1. The highest BCUT2D eigenvalue weighted by Gasteiger charge is 1.97.